The summed E-state index contributed by atoms with van der Waals surface area (Å²) in [6, 6.07) is 10.9. The predicted molar refractivity (Wildman–Crippen MR) is 117 cm³/mol. The van der Waals surface area contributed by atoms with Gasteiger partial charge in [-0.25, -0.2) is 4.98 Å². The molecule has 1 fully saturated rings. The average molecular weight is 470 g/mol. The van der Waals surface area contributed by atoms with Crippen LogP contribution in [0.15, 0.2) is 35.3 Å². The number of aliphatic imine (C=N–C) groups is 1. The van der Waals surface area contributed by atoms with Gasteiger partial charge in [-0.2, -0.15) is 0 Å². The second kappa shape index (κ2) is 8.98. The van der Waals surface area contributed by atoms with E-state index in [4.69, 9.17) is 0 Å². The summed E-state index contributed by atoms with van der Waals surface area (Å²) in [7, 11) is 1.83. The average Bonchev–Trinajstić information content (AvgIpc) is 2.88. The molecule has 2 N–H and O–H groups in total. The van der Waals surface area contributed by atoms with Crippen LogP contribution in [0.25, 0.3) is 0 Å². The van der Waals surface area contributed by atoms with E-state index in [1.165, 1.54) is 29.7 Å². The molecular weight excluding hydrogens is 443 g/mol. The van der Waals surface area contributed by atoms with Gasteiger partial charge in [-0.3, -0.25) is 4.99 Å². The fourth-order valence-electron chi connectivity index (χ4n) is 3.34. The van der Waals surface area contributed by atoms with Gasteiger partial charge in [0.15, 0.2) is 5.96 Å². The lowest BCUT2D eigenvalue weighted by molar-refractivity contribution is 0.244. The molecule has 1 aromatic carbocycles. The fourth-order valence-corrected chi connectivity index (χ4v) is 4.21. The van der Waals surface area contributed by atoms with Gasteiger partial charge in [0.05, 0.1) is 17.2 Å². The highest BCUT2D eigenvalue weighted by molar-refractivity contribution is 14.0. The van der Waals surface area contributed by atoms with Gasteiger partial charge >= 0.3 is 0 Å². The summed E-state index contributed by atoms with van der Waals surface area (Å²) in [5.41, 5.74) is 2.81. The summed E-state index contributed by atoms with van der Waals surface area (Å²) < 4.78 is 0. The lowest BCUT2D eigenvalue weighted by atomic mass is 9.64. The van der Waals surface area contributed by atoms with Crippen LogP contribution in [0.3, 0.4) is 0 Å². The Bertz CT molecular complexity index is 707. The molecule has 2 aromatic rings. The quantitative estimate of drug-likeness (QED) is 0.392. The minimum absolute atomic E-state index is 0. The smallest absolute Gasteiger partial charge is 0.191 e. The molecule has 6 heteroatoms. The maximum Gasteiger partial charge on any atom is 0.191 e. The van der Waals surface area contributed by atoms with Crippen molar-refractivity contribution in [3.63, 3.8) is 0 Å². The second-order valence-corrected chi connectivity index (χ2v) is 7.81. The van der Waals surface area contributed by atoms with Crippen LogP contribution >= 0.6 is 35.3 Å². The Kier molecular flexibility index (Phi) is 7.25. The van der Waals surface area contributed by atoms with E-state index in [1.807, 2.05) is 7.05 Å². The first kappa shape index (κ1) is 20.2. The topological polar surface area (TPSA) is 49.3 Å². The Morgan fingerprint density at radius 2 is 1.92 bits per heavy atom. The highest BCUT2D eigenvalue weighted by atomic mass is 127. The van der Waals surface area contributed by atoms with Gasteiger partial charge in [0.2, 0.25) is 0 Å². The number of nitrogens with one attached hydrogen (secondary N) is 2. The molecule has 0 radical (unpaired) electrons. The molecule has 0 unspecified atom stereocenters. The second-order valence-electron chi connectivity index (χ2n) is 6.52. The molecule has 1 heterocycles. The number of hydrogen-bond donors (Lipinski definition) is 2. The zero-order valence-electron chi connectivity index (χ0n) is 15.1. The molecular formula is C19H27IN4S. The van der Waals surface area contributed by atoms with Gasteiger partial charge in [0, 0.05) is 23.9 Å². The highest BCUT2D eigenvalue weighted by Crippen LogP contribution is 2.43. The molecule has 0 aliphatic heterocycles. The lowest BCUT2D eigenvalue weighted by Crippen LogP contribution is -2.48. The van der Waals surface area contributed by atoms with Crippen LogP contribution in [-0.2, 0) is 12.0 Å². The van der Waals surface area contributed by atoms with Crippen molar-refractivity contribution in [1.29, 1.82) is 0 Å². The highest BCUT2D eigenvalue weighted by Gasteiger charge is 2.38. The largest absolute Gasteiger partial charge is 0.356 e. The van der Waals surface area contributed by atoms with E-state index in [1.54, 1.807) is 11.3 Å². The molecule has 0 spiro atoms. The van der Waals surface area contributed by atoms with Crippen LogP contribution in [0.1, 0.15) is 40.4 Å². The van der Waals surface area contributed by atoms with Gasteiger partial charge in [0.1, 0.15) is 0 Å². The lowest BCUT2D eigenvalue weighted by Gasteiger charge is -2.43. The maximum atomic E-state index is 4.48. The molecule has 0 bridgehead atoms. The molecule has 1 saturated carbocycles. The number of aryl methyl sites for hydroxylation is 2. The Labute approximate surface area is 171 Å². The van der Waals surface area contributed by atoms with Crippen molar-refractivity contribution in [3.8, 4) is 0 Å². The van der Waals surface area contributed by atoms with Crippen molar-refractivity contribution < 1.29 is 0 Å². The predicted octanol–water partition coefficient (Wildman–Crippen LogP) is 4.16. The van der Waals surface area contributed by atoms with Gasteiger partial charge in [0.25, 0.3) is 0 Å². The van der Waals surface area contributed by atoms with Crippen molar-refractivity contribution in [2.75, 3.05) is 13.6 Å². The zero-order valence-corrected chi connectivity index (χ0v) is 18.3. The van der Waals surface area contributed by atoms with Gasteiger partial charge in [-0.15, -0.1) is 35.3 Å². The van der Waals surface area contributed by atoms with Crippen molar-refractivity contribution >= 4 is 41.3 Å². The number of aromatic nitrogens is 1. The number of hydrogen-bond acceptors (Lipinski definition) is 3. The Morgan fingerprint density at radius 3 is 2.44 bits per heavy atom. The normalized spacial score (nSPS) is 15.9. The minimum atomic E-state index is 0. The molecule has 4 nitrogen and oxygen atoms in total. The van der Waals surface area contributed by atoms with Crippen molar-refractivity contribution in [1.82, 2.24) is 15.6 Å². The first-order valence-electron chi connectivity index (χ1n) is 8.56. The molecule has 3 rings (SSSR count). The van der Waals surface area contributed by atoms with E-state index < -0.39 is 0 Å². The van der Waals surface area contributed by atoms with E-state index in [0.717, 1.165) is 29.8 Å². The van der Waals surface area contributed by atoms with Crippen LogP contribution < -0.4 is 10.6 Å². The molecule has 1 aliphatic carbocycles. The number of benzene rings is 1. The van der Waals surface area contributed by atoms with Crippen molar-refractivity contribution in [3.05, 3.63) is 51.5 Å². The summed E-state index contributed by atoms with van der Waals surface area (Å²) in [5.74, 6) is 0.864. The third-order valence-electron chi connectivity index (χ3n) is 4.93. The molecule has 136 valence electrons. The summed E-state index contributed by atoms with van der Waals surface area (Å²) in [4.78, 5) is 10.1. The van der Waals surface area contributed by atoms with Gasteiger partial charge in [-0.1, -0.05) is 36.8 Å². The fraction of sp³-hybridized carbons (Fsp3) is 0.474. The molecule has 0 amide bonds. The van der Waals surface area contributed by atoms with Crippen molar-refractivity contribution in [2.45, 2.75) is 45.1 Å². The molecule has 1 aromatic heterocycles. The number of nitrogens with zero attached hydrogens (tertiary/aromatic N) is 2. The summed E-state index contributed by atoms with van der Waals surface area (Å²) in [6.45, 7) is 5.82. The molecule has 25 heavy (non-hydrogen) atoms. The standard InChI is InChI=1S/C19H26N4S.HI/c1-14-17(24-15(2)23-14)12-21-18(20-3)22-13-19(10-7-11-19)16-8-5-4-6-9-16;/h4-6,8-9H,7,10-13H2,1-3H3,(H2,20,21,22);1H. The van der Waals surface area contributed by atoms with Gasteiger partial charge in [-0.05, 0) is 32.3 Å². The number of halogens is 1. The molecule has 0 saturated heterocycles. The number of thiazole rings is 1. The van der Waals surface area contributed by atoms with E-state index in [-0.39, 0.29) is 29.4 Å². The third-order valence-corrected chi connectivity index (χ3v) is 6.00. The summed E-state index contributed by atoms with van der Waals surface area (Å²) >= 11 is 1.75. The van der Waals surface area contributed by atoms with E-state index in [9.17, 15) is 0 Å². The maximum absolute atomic E-state index is 4.48. The summed E-state index contributed by atoms with van der Waals surface area (Å²) in [6.07, 6.45) is 3.80. The number of guanidine groups is 1. The Hall–Kier alpha value is -1.15. The Morgan fingerprint density at radius 1 is 1.20 bits per heavy atom. The monoisotopic (exact) mass is 470 g/mol. The molecule has 0 atom stereocenters. The van der Waals surface area contributed by atoms with Gasteiger partial charge < -0.3 is 10.6 Å². The van der Waals surface area contributed by atoms with E-state index in [0.29, 0.717) is 0 Å². The van der Waals surface area contributed by atoms with Crippen LogP contribution in [0.2, 0.25) is 0 Å². The van der Waals surface area contributed by atoms with Crippen molar-refractivity contribution in [2.24, 2.45) is 4.99 Å². The van der Waals surface area contributed by atoms with Crippen LogP contribution in [-0.4, -0.2) is 24.5 Å². The molecule has 1 aliphatic rings. The number of rotatable bonds is 5. The Balaban J connectivity index is 0.00000225. The third kappa shape index (κ3) is 4.73. The van der Waals surface area contributed by atoms with E-state index >= 15 is 0 Å². The van der Waals surface area contributed by atoms with Crippen LogP contribution in [0.4, 0.5) is 0 Å². The van der Waals surface area contributed by atoms with Crippen LogP contribution in [0.5, 0.6) is 0 Å². The SMILES string of the molecule is CN=C(NCc1sc(C)nc1C)NCC1(c2ccccc2)CCC1.I. The first-order valence-corrected chi connectivity index (χ1v) is 9.37. The minimum Gasteiger partial charge on any atom is -0.356 e. The first-order chi connectivity index (χ1) is 11.6. The zero-order chi connectivity index (χ0) is 17.0. The summed E-state index contributed by atoms with van der Waals surface area (Å²) in [5, 5.41) is 8.07. The van der Waals surface area contributed by atoms with Crippen LogP contribution in [0, 0.1) is 13.8 Å². The van der Waals surface area contributed by atoms with E-state index in [2.05, 4.69) is 64.8 Å².